The summed E-state index contributed by atoms with van der Waals surface area (Å²) in [5.41, 5.74) is 0. The number of β-amino-alcohol motifs (C(OH)–C–C–N with tert-alkyl or cyclic N) is 1. The molecule has 8 nitrogen and oxygen atoms in total. The van der Waals surface area contributed by atoms with Gasteiger partial charge in [-0.25, -0.2) is 13.6 Å². The molecule has 9 heteroatoms. The lowest BCUT2D eigenvalue weighted by Crippen LogP contribution is -2.35. The molecule has 1 saturated heterocycles. The molecular formula is C9H16N2O6S. The van der Waals surface area contributed by atoms with Gasteiger partial charge in [0, 0.05) is 25.4 Å². The summed E-state index contributed by atoms with van der Waals surface area (Å²) < 4.78 is 21.8. The maximum Gasteiger partial charge on any atom is 0.306 e. The van der Waals surface area contributed by atoms with Gasteiger partial charge in [0.1, 0.15) is 0 Å². The number of nitrogens with zero attached hydrogens (tertiary/aromatic N) is 1. The summed E-state index contributed by atoms with van der Waals surface area (Å²) in [5.74, 6) is -2.14. The molecule has 1 fully saturated rings. The molecule has 1 aliphatic rings. The summed E-state index contributed by atoms with van der Waals surface area (Å²) in [5, 5.41) is 22.8. The largest absolute Gasteiger partial charge is 0.481 e. The number of aliphatic carboxylic acids is 1. The van der Waals surface area contributed by atoms with Crippen LogP contribution in [0.25, 0.3) is 0 Å². The number of likely N-dealkylation sites (tertiary alicyclic amines) is 1. The number of hydrogen-bond donors (Lipinski definition) is 3. The van der Waals surface area contributed by atoms with Gasteiger partial charge in [0.05, 0.1) is 18.3 Å². The standard InChI is InChI=1S/C9H16N2O6S/c10-18(16,17)5-6-1-8(13)11(3-6)4-7(12)2-9(14)15/h6-7,12H,1-5H2,(H,14,15)(H2,10,16,17). The van der Waals surface area contributed by atoms with Gasteiger partial charge in [-0.3, -0.25) is 9.59 Å². The van der Waals surface area contributed by atoms with Crippen molar-refractivity contribution in [1.29, 1.82) is 0 Å². The van der Waals surface area contributed by atoms with Gasteiger partial charge in [0.25, 0.3) is 0 Å². The predicted molar refractivity (Wildman–Crippen MR) is 60.9 cm³/mol. The highest BCUT2D eigenvalue weighted by molar-refractivity contribution is 7.89. The van der Waals surface area contributed by atoms with E-state index < -0.39 is 34.4 Å². The number of carboxylic acid groups (broad SMARTS) is 1. The zero-order valence-corrected chi connectivity index (χ0v) is 10.5. The summed E-state index contributed by atoms with van der Waals surface area (Å²) in [7, 11) is -3.64. The lowest BCUT2D eigenvalue weighted by atomic mass is 10.1. The summed E-state index contributed by atoms with van der Waals surface area (Å²) in [6, 6.07) is 0. The number of aliphatic hydroxyl groups excluding tert-OH is 1. The topological polar surface area (TPSA) is 138 Å². The van der Waals surface area contributed by atoms with Crippen molar-refractivity contribution in [2.45, 2.75) is 18.9 Å². The number of carbonyl (C=O) groups is 2. The Morgan fingerprint density at radius 2 is 2.17 bits per heavy atom. The van der Waals surface area contributed by atoms with Crippen molar-refractivity contribution in [2.75, 3.05) is 18.8 Å². The van der Waals surface area contributed by atoms with Crippen LogP contribution in [0.3, 0.4) is 0 Å². The van der Waals surface area contributed by atoms with E-state index in [1.54, 1.807) is 0 Å². The van der Waals surface area contributed by atoms with Crippen LogP contribution in [0, 0.1) is 5.92 Å². The molecule has 1 amide bonds. The number of aliphatic hydroxyl groups is 1. The predicted octanol–water partition coefficient (Wildman–Crippen LogP) is -2.04. The third kappa shape index (κ3) is 4.98. The van der Waals surface area contributed by atoms with Crippen molar-refractivity contribution in [3.05, 3.63) is 0 Å². The summed E-state index contributed by atoms with van der Waals surface area (Å²) in [6.45, 7) is 0.0677. The molecule has 1 heterocycles. The van der Waals surface area contributed by atoms with Crippen LogP contribution in [0.4, 0.5) is 0 Å². The number of rotatable bonds is 6. The highest BCUT2D eigenvalue weighted by atomic mass is 32.2. The van der Waals surface area contributed by atoms with Crippen molar-refractivity contribution in [3.63, 3.8) is 0 Å². The second kappa shape index (κ2) is 5.63. The van der Waals surface area contributed by atoms with Gasteiger partial charge in [0.2, 0.25) is 15.9 Å². The van der Waals surface area contributed by atoms with Gasteiger partial charge < -0.3 is 15.1 Å². The van der Waals surface area contributed by atoms with E-state index in [4.69, 9.17) is 10.2 Å². The fraction of sp³-hybridized carbons (Fsp3) is 0.778. The van der Waals surface area contributed by atoms with Crippen molar-refractivity contribution in [1.82, 2.24) is 4.90 Å². The molecule has 4 N–H and O–H groups in total. The van der Waals surface area contributed by atoms with Crippen LogP contribution in [0.5, 0.6) is 0 Å². The fourth-order valence-corrected chi connectivity index (χ4v) is 2.87. The zero-order chi connectivity index (χ0) is 13.9. The molecule has 0 aromatic carbocycles. The average molecular weight is 280 g/mol. The second-order valence-electron chi connectivity index (χ2n) is 4.45. The first-order valence-corrected chi connectivity index (χ1v) is 7.07. The fourth-order valence-electron chi connectivity index (χ4n) is 1.99. The first kappa shape index (κ1) is 14.9. The van der Waals surface area contributed by atoms with Crippen molar-refractivity contribution >= 4 is 21.9 Å². The maximum absolute atomic E-state index is 11.5. The Morgan fingerprint density at radius 3 is 2.67 bits per heavy atom. The summed E-state index contributed by atoms with van der Waals surface area (Å²) in [4.78, 5) is 23.1. The highest BCUT2D eigenvalue weighted by Crippen LogP contribution is 2.19. The van der Waals surface area contributed by atoms with Gasteiger partial charge in [-0.05, 0) is 0 Å². The Hall–Kier alpha value is -1.19. The molecule has 18 heavy (non-hydrogen) atoms. The van der Waals surface area contributed by atoms with Crippen LogP contribution in [0.2, 0.25) is 0 Å². The molecular weight excluding hydrogens is 264 g/mol. The Balaban J connectivity index is 2.50. The van der Waals surface area contributed by atoms with E-state index in [9.17, 15) is 23.1 Å². The minimum absolute atomic E-state index is 0.0518. The van der Waals surface area contributed by atoms with Gasteiger partial charge in [0.15, 0.2) is 0 Å². The Labute approximate surface area is 104 Å². The number of amides is 1. The zero-order valence-electron chi connectivity index (χ0n) is 9.65. The Morgan fingerprint density at radius 1 is 1.56 bits per heavy atom. The first-order chi connectivity index (χ1) is 8.17. The molecule has 2 atom stereocenters. The summed E-state index contributed by atoms with van der Waals surface area (Å²) >= 11 is 0. The average Bonchev–Trinajstić information content (AvgIpc) is 2.41. The van der Waals surface area contributed by atoms with Crippen LogP contribution in [-0.2, 0) is 19.6 Å². The van der Waals surface area contributed by atoms with Crippen LogP contribution in [-0.4, -0.2) is 60.4 Å². The van der Waals surface area contributed by atoms with Gasteiger partial charge in [-0.15, -0.1) is 0 Å². The molecule has 0 bridgehead atoms. The molecule has 2 unspecified atom stereocenters. The van der Waals surface area contributed by atoms with Gasteiger partial charge in [-0.2, -0.15) is 0 Å². The number of nitrogens with two attached hydrogens (primary N) is 1. The molecule has 0 radical (unpaired) electrons. The minimum Gasteiger partial charge on any atom is -0.481 e. The van der Waals surface area contributed by atoms with Gasteiger partial charge >= 0.3 is 5.97 Å². The quantitative estimate of drug-likeness (QED) is 0.512. The SMILES string of the molecule is NS(=O)(=O)CC1CC(=O)N(CC(O)CC(=O)O)C1. The minimum atomic E-state index is -3.64. The number of sulfonamides is 1. The van der Waals surface area contributed by atoms with E-state index in [0.29, 0.717) is 0 Å². The molecule has 0 aliphatic carbocycles. The number of hydrogen-bond acceptors (Lipinski definition) is 5. The van der Waals surface area contributed by atoms with E-state index in [2.05, 4.69) is 0 Å². The van der Waals surface area contributed by atoms with Crippen LogP contribution < -0.4 is 5.14 Å². The second-order valence-corrected chi connectivity index (χ2v) is 6.11. The smallest absolute Gasteiger partial charge is 0.306 e. The van der Waals surface area contributed by atoms with E-state index in [0.717, 1.165) is 0 Å². The van der Waals surface area contributed by atoms with Crippen LogP contribution in [0.1, 0.15) is 12.8 Å². The lowest BCUT2D eigenvalue weighted by molar-refractivity contribution is -0.140. The molecule has 0 spiro atoms. The molecule has 1 rings (SSSR count). The normalized spacial score (nSPS) is 22.2. The third-order valence-corrected chi connectivity index (χ3v) is 3.54. The molecule has 1 aliphatic heterocycles. The van der Waals surface area contributed by atoms with E-state index in [1.165, 1.54) is 4.90 Å². The Bertz CT molecular complexity index is 434. The van der Waals surface area contributed by atoms with E-state index in [1.807, 2.05) is 0 Å². The molecule has 104 valence electrons. The monoisotopic (exact) mass is 280 g/mol. The van der Waals surface area contributed by atoms with Crippen molar-refractivity contribution in [3.8, 4) is 0 Å². The molecule has 0 saturated carbocycles. The van der Waals surface area contributed by atoms with Crippen LogP contribution in [0.15, 0.2) is 0 Å². The van der Waals surface area contributed by atoms with Crippen molar-refractivity contribution in [2.24, 2.45) is 11.1 Å². The van der Waals surface area contributed by atoms with Crippen molar-refractivity contribution < 1.29 is 28.2 Å². The lowest BCUT2D eigenvalue weighted by Gasteiger charge is -2.19. The van der Waals surface area contributed by atoms with E-state index >= 15 is 0 Å². The van der Waals surface area contributed by atoms with Gasteiger partial charge in [-0.1, -0.05) is 0 Å². The Kier molecular flexibility index (Phi) is 4.65. The summed E-state index contributed by atoms with van der Waals surface area (Å²) in [6.07, 6.45) is -1.56. The van der Waals surface area contributed by atoms with E-state index in [-0.39, 0.29) is 31.2 Å². The first-order valence-electron chi connectivity index (χ1n) is 5.35. The number of primary sulfonamides is 1. The maximum atomic E-state index is 11.5. The molecule has 0 aromatic rings. The van der Waals surface area contributed by atoms with Crippen LogP contribution >= 0.6 is 0 Å². The highest BCUT2D eigenvalue weighted by Gasteiger charge is 2.33. The number of carboxylic acids is 1. The molecule has 0 aromatic heterocycles. The number of carbonyl (C=O) groups excluding carboxylic acids is 1. The third-order valence-electron chi connectivity index (χ3n) is 2.60.